The number of rotatable bonds is 11. The molecule has 6 aromatic carbocycles. The number of benzene rings is 6. The quantitative estimate of drug-likeness (QED) is 0.0177. The Balaban J connectivity index is 0.000000281. The summed E-state index contributed by atoms with van der Waals surface area (Å²) in [5, 5.41) is 56.8. The molecule has 58 heavy (non-hydrogen) atoms. The fourth-order valence-corrected chi connectivity index (χ4v) is 6.13. The van der Waals surface area contributed by atoms with Crippen LogP contribution >= 0.6 is 12.0 Å². The van der Waals surface area contributed by atoms with Crippen molar-refractivity contribution in [2.75, 3.05) is 35.7 Å². The van der Waals surface area contributed by atoms with E-state index in [1.165, 1.54) is 18.2 Å². The summed E-state index contributed by atoms with van der Waals surface area (Å²) in [5.41, 5.74) is 33.8. The van der Waals surface area contributed by atoms with E-state index >= 15 is 0 Å². The van der Waals surface area contributed by atoms with Gasteiger partial charge in [-0.15, -0.1) is 19.7 Å². The van der Waals surface area contributed by atoms with Crippen LogP contribution in [0.25, 0.3) is 10.8 Å². The van der Waals surface area contributed by atoms with Crippen molar-refractivity contribution in [2.24, 2.45) is 40.9 Å². The molecule has 0 aromatic heterocycles. The van der Waals surface area contributed by atoms with Crippen LogP contribution in [-0.2, 0) is 19.5 Å². The van der Waals surface area contributed by atoms with Gasteiger partial charge in [0.05, 0.1) is 56.7 Å². The summed E-state index contributed by atoms with van der Waals surface area (Å²) < 4.78 is 40.4. The summed E-state index contributed by atoms with van der Waals surface area (Å²) in [6.45, 7) is 1.57. The van der Waals surface area contributed by atoms with Crippen LogP contribution in [0, 0.1) is 6.92 Å². The van der Waals surface area contributed by atoms with Crippen molar-refractivity contribution in [3.05, 3.63) is 103 Å². The maximum absolute atomic E-state index is 13.3. The van der Waals surface area contributed by atoms with Crippen molar-refractivity contribution in [3.8, 4) is 5.75 Å². The number of nitrogens with two attached hydrogens (primary N) is 5. The lowest BCUT2D eigenvalue weighted by Crippen LogP contribution is -2.05. The van der Waals surface area contributed by atoms with Crippen molar-refractivity contribution < 1.29 is 32.7 Å². The van der Waals surface area contributed by atoms with Crippen molar-refractivity contribution >= 4 is 101 Å². The summed E-state index contributed by atoms with van der Waals surface area (Å²) in [5.74, 6) is -0.909. The van der Waals surface area contributed by atoms with Gasteiger partial charge < -0.3 is 38.3 Å². The van der Waals surface area contributed by atoms with E-state index in [1.807, 2.05) is 12.1 Å². The van der Waals surface area contributed by atoms with Crippen molar-refractivity contribution in [2.45, 2.75) is 16.7 Å². The maximum atomic E-state index is 13.3. The Morgan fingerprint density at radius 1 is 0.655 bits per heavy atom. The van der Waals surface area contributed by atoms with E-state index in [2.05, 4.69) is 50.3 Å². The Kier molecular flexibility index (Phi) is 13.6. The molecule has 0 aliphatic carbocycles. The van der Waals surface area contributed by atoms with Gasteiger partial charge in [-0.1, -0.05) is 10.8 Å². The molecule has 0 spiro atoms. The third-order valence-corrected chi connectivity index (χ3v) is 9.42. The minimum Gasteiger partial charge on any atom is -0.870 e. The molecule has 0 heterocycles. The molecule has 0 saturated carbocycles. The first-order chi connectivity index (χ1) is 27.7. The number of nitrogen functional groups attached to an aromatic ring is 5. The molecule has 0 amide bonds. The normalized spacial score (nSPS) is 11.9. The van der Waals surface area contributed by atoms with Crippen LogP contribution in [0.15, 0.2) is 148 Å². The topological polar surface area (TPSA) is 348 Å². The Morgan fingerprint density at radius 2 is 1.12 bits per heavy atom. The summed E-state index contributed by atoms with van der Waals surface area (Å²) in [7, 11) is -3.52. The predicted molar refractivity (Wildman–Crippen MR) is 218 cm³/mol. The predicted octanol–water partition coefficient (Wildman–Crippen LogP) is 9.11. The average molecular weight is 824 g/mol. The summed E-state index contributed by atoms with van der Waals surface area (Å²) in [6, 6.07) is 25.6. The molecule has 6 aromatic rings. The van der Waals surface area contributed by atoms with Gasteiger partial charge in [-0.3, -0.25) is 0 Å². The third kappa shape index (κ3) is 10.6. The number of hydrogen-bond acceptors (Lipinski definition) is 21. The molecule has 0 bridgehead atoms. The van der Waals surface area contributed by atoms with Gasteiger partial charge >= 0.3 is 0 Å². The molecule has 298 valence electrons. The third-order valence-electron chi connectivity index (χ3n) is 7.83. The summed E-state index contributed by atoms with van der Waals surface area (Å²) in [6.07, 6.45) is 0. The summed E-state index contributed by atoms with van der Waals surface area (Å²) in [4.78, 5) is -0.581. The van der Waals surface area contributed by atoms with Crippen LogP contribution in [0.3, 0.4) is 0 Å². The molecule has 0 atom stereocenters. The monoisotopic (exact) mass is 823 g/mol. The Labute approximate surface area is 334 Å². The first kappa shape index (κ1) is 42.1. The molecular formula is C36H33N13O7S2-2. The van der Waals surface area contributed by atoms with Crippen molar-refractivity contribution in [1.29, 1.82) is 0 Å². The van der Waals surface area contributed by atoms with Gasteiger partial charge in [-0.25, -0.2) is 13.7 Å². The molecule has 0 radical (unpaired) electrons. The molecule has 0 aliphatic heterocycles. The number of anilines is 5. The second kappa shape index (κ2) is 18.7. The van der Waals surface area contributed by atoms with E-state index in [0.717, 1.165) is 11.8 Å². The molecule has 6 rings (SSSR count). The first-order valence-corrected chi connectivity index (χ1v) is 18.6. The number of fused-ring (bicyclic) bond motifs is 1. The van der Waals surface area contributed by atoms with Crippen molar-refractivity contribution in [3.63, 3.8) is 0 Å². The molecule has 0 saturated heterocycles. The highest BCUT2D eigenvalue weighted by atomic mass is 32.2. The molecule has 20 nitrogen and oxygen atoms in total. The summed E-state index contributed by atoms with van der Waals surface area (Å²) >= 11 is 0.562. The molecule has 0 aliphatic rings. The second-order valence-electron chi connectivity index (χ2n) is 11.8. The van der Waals surface area contributed by atoms with Gasteiger partial charge in [-0.05, 0) is 120 Å². The van der Waals surface area contributed by atoms with E-state index in [-0.39, 0.29) is 22.1 Å². The Hall–Kier alpha value is -7.08. The van der Waals surface area contributed by atoms with Crippen LogP contribution in [0.4, 0.5) is 68.2 Å². The van der Waals surface area contributed by atoms with Crippen LogP contribution in [0.1, 0.15) is 5.56 Å². The number of nitrogens with zero attached hydrogens (tertiary/aromatic N) is 8. The van der Waals surface area contributed by atoms with E-state index in [1.54, 1.807) is 74.6 Å². The van der Waals surface area contributed by atoms with E-state index in [4.69, 9.17) is 33.9 Å². The lowest BCUT2D eigenvalue weighted by molar-refractivity contribution is -0.432. The van der Waals surface area contributed by atoms with Crippen molar-refractivity contribution in [1.82, 2.24) is 0 Å². The van der Waals surface area contributed by atoms with E-state index < -0.39 is 26.5 Å². The molecular weight excluding hydrogens is 791 g/mol. The Bertz CT molecular complexity index is 2680. The van der Waals surface area contributed by atoms with Gasteiger partial charge in [0.25, 0.3) is 0 Å². The molecule has 0 fully saturated rings. The highest BCUT2D eigenvalue weighted by Gasteiger charge is 2.18. The van der Waals surface area contributed by atoms with Crippen LogP contribution in [0.5, 0.6) is 5.75 Å². The zero-order valence-corrected chi connectivity index (χ0v) is 32.0. The Morgan fingerprint density at radius 3 is 1.55 bits per heavy atom. The highest BCUT2D eigenvalue weighted by molar-refractivity contribution is 7.94. The average Bonchev–Trinajstić information content (AvgIpc) is 3.18. The highest BCUT2D eigenvalue weighted by Crippen LogP contribution is 2.45. The number of hydrogen-bond donors (Lipinski definition) is 6. The van der Waals surface area contributed by atoms with Gasteiger partial charge in [0, 0.05) is 29.0 Å². The molecule has 11 N–H and O–H groups in total. The largest absolute Gasteiger partial charge is 0.870 e. The van der Waals surface area contributed by atoms with Crippen LogP contribution < -0.4 is 33.8 Å². The molecule has 22 heteroatoms. The van der Waals surface area contributed by atoms with Gasteiger partial charge in [0.1, 0.15) is 21.5 Å². The van der Waals surface area contributed by atoms with Gasteiger partial charge in [-0.2, -0.15) is 25.6 Å². The smallest absolute Gasteiger partial charge is 0.126 e. The fraction of sp³-hybridized carbons (Fsp3) is 0.0556. The minimum atomic E-state index is -5.14. The van der Waals surface area contributed by atoms with Gasteiger partial charge in [0.2, 0.25) is 0 Å². The zero-order chi connectivity index (χ0) is 42.0. The lowest BCUT2D eigenvalue weighted by Gasteiger charge is -2.22. The van der Waals surface area contributed by atoms with Gasteiger partial charge in [0.15, 0.2) is 0 Å². The standard InChI is InChI=1S/C23H21N7O7S2.C13H14N6/c1-11-18(38-37-36-32)8-12-9-19(39(33,34)35)22(23(31)20(12)21(11)26)30-28-15-5-3-14(4-6-15)27-29-17-7-2-13(24)10-16(17)25;1-16-17-10-3-5-11(6-4-10)18-19-13-7-2-9(14)8-12(13)15/h2-10,31-32H,24-26H2,1H3,(H,33,34,35);2-8H,14-15H2,1H3/p-2. The molecule has 0 unspecified atom stereocenters. The second-order valence-corrected chi connectivity index (χ2v) is 13.9. The SMILES string of the molecule is CN=Nc1ccc(N=Nc2ccc(N)cc2N)cc1.Cc1c(SOOO)cc2cc(S(=O)(=O)[O-])c(N=Nc3ccc(N=Nc4ccc(N)cc4N)cc3)c([O-])c2c1N. The number of azo groups is 4. The first-order valence-electron chi connectivity index (χ1n) is 16.4. The van der Waals surface area contributed by atoms with E-state index in [9.17, 15) is 18.1 Å². The minimum absolute atomic E-state index is 0.00992. The zero-order valence-electron chi connectivity index (χ0n) is 30.4. The fourth-order valence-electron chi connectivity index (χ4n) is 4.97. The van der Waals surface area contributed by atoms with E-state index in [0.29, 0.717) is 68.0 Å². The lowest BCUT2D eigenvalue weighted by atomic mass is 10.0. The van der Waals surface area contributed by atoms with Crippen LogP contribution in [-0.4, -0.2) is 25.3 Å². The maximum Gasteiger partial charge on any atom is 0.126 e. The van der Waals surface area contributed by atoms with Crippen LogP contribution in [0.2, 0.25) is 0 Å².